The highest BCUT2D eigenvalue weighted by atomic mass is 32.1. The number of rotatable bonds is 4. The summed E-state index contributed by atoms with van der Waals surface area (Å²) in [5.74, 6) is -5.89. The highest BCUT2D eigenvalue weighted by Gasteiger charge is 2.25. The van der Waals surface area contributed by atoms with Crippen LogP contribution in [0.2, 0.25) is 0 Å². The average Bonchev–Trinajstić information content (AvgIpc) is 2.24. The Morgan fingerprint density at radius 1 is 1.26 bits per heavy atom. The lowest BCUT2D eigenvalue weighted by molar-refractivity contribution is -0.118. The van der Waals surface area contributed by atoms with Crippen molar-refractivity contribution in [3.05, 3.63) is 29.6 Å². The maximum atomic E-state index is 13.0. The first kappa shape index (κ1) is 15.4. The molecule has 1 atom stereocenters. The lowest BCUT2D eigenvalue weighted by Gasteiger charge is -2.18. The van der Waals surface area contributed by atoms with Crippen molar-refractivity contribution in [2.24, 2.45) is 17.6 Å². The second kappa shape index (κ2) is 6.01. The molecule has 19 heavy (non-hydrogen) atoms. The number of nitrogens with two attached hydrogens (primary N) is 1. The number of amides is 1. The van der Waals surface area contributed by atoms with E-state index in [1.807, 2.05) is 0 Å². The first-order valence-corrected chi connectivity index (χ1v) is 5.89. The number of carbonyl (C=O) groups excluding carboxylic acids is 1. The normalized spacial score (nSPS) is 12.3. The van der Waals surface area contributed by atoms with E-state index in [1.54, 1.807) is 13.8 Å². The molecule has 3 nitrogen and oxygen atoms in total. The van der Waals surface area contributed by atoms with E-state index in [0.29, 0.717) is 12.1 Å². The van der Waals surface area contributed by atoms with Crippen molar-refractivity contribution in [1.29, 1.82) is 0 Å². The van der Waals surface area contributed by atoms with E-state index in [2.05, 4.69) is 5.32 Å². The second-order valence-corrected chi connectivity index (χ2v) is 4.84. The van der Waals surface area contributed by atoms with Crippen molar-refractivity contribution in [2.45, 2.75) is 13.8 Å². The molecular formula is C12H13F3N2OS. The lowest BCUT2D eigenvalue weighted by Crippen LogP contribution is -2.36. The molecule has 0 aromatic heterocycles. The zero-order valence-corrected chi connectivity index (χ0v) is 11.2. The molecule has 7 heteroatoms. The molecule has 1 amide bonds. The van der Waals surface area contributed by atoms with Gasteiger partial charge >= 0.3 is 0 Å². The third-order valence-electron chi connectivity index (χ3n) is 2.51. The van der Waals surface area contributed by atoms with E-state index in [9.17, 15) is 18.0 Å². The molecule has 1 aromatic carbocycles. The van der Waals surface area contributed by atoms with Gasteiger partial charge in [0.05, 0.1) is 10.9 Å². The number of thiocarbonyl (C=S) groups is 1. The molecule has 1 unspecified atom stereocenters. The Bertz CT molecular complexity index is 497. The second-order valence-electron chi connectivity index (χ2n) is 4.37. The van der Waals surface area contributed by atoms with Gasteiger partial charge in [-0.2, -0.15) is 0 Å². The molecule has 0 aliphatic carbocycles. The van der Waals surface area contributed by atoms with E-state index in [1.165, 1.54) is 0 Å². The summed E-state index contributed by atoms with van der Waals surface area (Å²) in [6.45, 7) is 3.46. The smallest absolute Gasteiger partial charge is 0.234 e. The number of anilines is 1. The summed E-state index contributed by atoms with van der Waals surface area (Å²) in [5, 5.41) is 2.26. The fourth-order valence-corrected chi connectivity index (χ4v) is 1.99. The Morgan fingerprint density at radius 2 is 1.74 bits per heavy atom. The maximum absolute atomic E-state index is 13.0. The van der Waals surface area contributed by atoms with Crippen LogP contribution < -0.4 is 11.1 Å². The summed E-state index contributed by atoms with van der Waals surface area (Å²) in [6.07, 6.45) is 0. The molecule has 3 N–H and O–H groups in total. The highest BCUT2D eigenvalue weighted by molar-refractivity contribution is 7.80. The van der Waals surface area contributed by atoms with Gasteiger partial charge in [0.2, 0.25) is 5.91 Å². The maximum Gasteiger partial charge on any atom is 0.234 e. The molecule has 1 rings (SSSR count). The molecule has 0 radical (unpaired) electrons. The van der Waals surface area contributed by atoms with Gasteiger partial charge in [0, 0.05) is 17.8 Å². The van der Waals surface area contributed by atoms with Crippen LogP contribution in [0.3, 0.4) is 0 Å². The lowest BCUT2D eigenvalue weighted by atomic mass is 9.95. The molecule has 0 bridgehead atoms. The molecular weight excluding hydrogens is 277 g/mol. The quantitative estimate of drug-likeness (QED) is 0.662. The Balaban J connectivity index is 2.96. The Morgan fingerprint density at radius 3 is 2.11 bits per heavy atom. The predicted molar refractivity (Wildman–Crippen MR) is 70.1 cm³/mol. The van der Waals surface area contributed by atoms with Gasteiger partial charge in [-0.3, -0.25) is 4.79 Å². The SMILES string of the molecule is CC(C)C(C(=O)Nc1cc(F)c(F)c(F)c1)C(N)=S. The molecule has 0 spiro atoms. The van der Waals surface area contributed by atoms with Gasteiger partial charge in [-0.1, -0.05) is 26.1 Å². The van der Waals surface area contributed by atoms with Gasteiger partial charge in [0.1, 0.15) is 0 Å². The van der Waals surface area contributed by atoms with Crippen LogP contribution in [0.15, 0.2) is 12.1 Å². The zero-order chi connectivity index (χ0) is 14.7. The summed E-state index contributed by atoms with van der Waals surface area (Å²) >= 11 is 4.77. The van der Waals surface area contributed by atoms with Gasteiger partial charge in [-0.05, 0) is 5.92 Å². The standard InChI is InChI=1S/C12H13F3N2OS/c1-5(2)9(11(16)19)12(18)17-6-3-7(13)10(15)8(14)4-6/h3-5,9H,1-2H3,(H2,16,19)(H,17,18). The van der Waals surface area contributed by atoms with Crippen LogP contribution >= 0.6 is 12.2 Å². The number of hydrogen-bond acceptors (Lipinski definition) is 2. The third-order valence-corrected chi connectivity index (χ3v) is 2.76. The van der Waals surface area contributed by atoms with E-state index in [4.69, 9.17) is 18.0 Å². The molecule has 0 aliphatic heterocycles. The number of halogens is 3. The highest BCUT2D eigenvalue weighted by Crippen LogP contribution is 2.19. The Kier molecular flexibility index (Phi) is 4.88. The summed E-state index contributed by atoms with van der Waals surface area (Å²) in [5.41, 5.74) is 5.25. The average molecular weight is 290 g/mol. The summed E-state index contributed by atoms with van der Waals surface area (Å²) in [6, 6.07) is 1.38. The Labute approximate surface area is 114 Å². The minimum absolute atomic E-state index is 0.0180. The van der Waals surface area contributed by atoms with E-state index in [-0.39, 0.29) is 16.6 Å². The van der Waals surface area contributed by atoms with Crippen LogP contribution in [0.25, 0.3) is 0 Å². The summed E-state index contributed by atoms with van der Waals surface area (Å²) < 4.78 is 38.7. The molecule has 104 valence electrons. The van der Waals surface area contributed by atoms with E-state index < -0.39 is 29.3 Å². The fourth-order valence-electron chi connectivity index (χ4n) is 1.61. The van der Waals surface area contributed by atoms with E-state index in [0.717, 1.165) is 0 Å². The minimum atomic E-state index is -1.59. The van der Waals surface area contributed by atoms with Crippen molar-refractivity contribution in [3.63, 3.8) is 0 Å². The first-order valence-electron chi connectivity index (χ1n) is 5.48. The predicted octanol–water partition coefficient (Wildman–Crippen LogP) is 2.60. The topological polar surface area (TPSA) is 55.1 Å². The number of carbonyl (C=O) groups is 1. The van der Waals surface area contributed by atoms with E-state index >= 15 is 0 Å². The van der Waals surface area contributed by atoms with Gasteiger partial charge in [-0.15, -0.1) is 0 Å². The van der Waals surface area contributed by atoms with Crippen molar-refractivity contribution in [3.8, 4) is 0 Å². The fraction of sp³-hybridized carbons (Fsp3) is 0.333. The van der Waals surface area contributed by atoms with Crippen LogP contribution in [-0.4, -0.2) is 10.9 Å². The van der Waals surface area contributed by atoms with Crippen molar-refractivity contribution in [1.82, 2.24) is 0 Å². The molecule has 0 aliphatic rings. The molecule has 0 heterocycles. The van der Waals surface area contributed by atoms with Gasteiger partial charge in [0.25, 0.3) is 0 Å². The van der Waals surface area contributed by atoms with Crippen molar-refractivity contribution in [2.75, 3.05) is 5.32 Å². The van der Waals surface area contributed by atoms with Gasteiger partial charge < -0.3 is 11.1 Å². The number of benzene rings is 1. The van der Waals surface area contributed by atoms with Gasteiger partial charge in [0.15, 0.2) is 17.5 Å². The number of hydrogen-bond donors (Lipinski definition) is 2. The van der Waals surface area contributed by atoms with Crippen molar-refractivity contribution < 1.29 is 18.0 Å². The van der Waals surface area contributed by atoms with Crippen LogP contribution in [0.5, 0.6) is 0 Å². The molecule has 0 saturated heterocycles. The largest absolute Gasteiger partial charge is 0.393 e. The van der Waals surface area contributed by atoms with Crippen LogP contribution in [0.4, 0.5) is 18.9 Å². The number of nitrogens with one attached hydrogen (secondary N) is 1. The third kappa shape index (κ3) is 3.66. The monoisotopic (exact) mass is 290 g/mol. The van der Waals surface area contributed by atoms with Crippen molar-refractivity contribution >= 4 is 28.8 Å². The summed E-state index contributed by atoms with van der Waals surface area (Å²) in [4.78, 5) is 11.9. The minimum Gasteiger partial charge on any atom is -0.393 e. The Hall–Kier alpha value is -1.63. The van der Waals surface area contributed by atoms with Gasteiger partial charge in [-0.25, -0.2) is 13.2 Å². The molecule has 0 saturated carbocycles. The summed E-state index contributed by atoms with van der Waals surface area (Å²) in [7, 11) is 0. The zero-order valence-electron chi connectivity index (χ0n) is 10.3. The first-order chi connectivity index (χ1) is 8.73. The van der Waals surface area contributed by atoms with Crippen LogP contribution in [0.1, 0.15) is 13.8 Å². The molecule has 1 aromatic rings. The van der Waals surface area contributed by atoms with Crippen LogP contribution in [0, 0.1) is 29.3 Å². The molecule has 0 fully saturated rings. The van der Waals surface area contributed by atoms with Crippen LogP contribution in [-0.2, 0) is 4.79 Å².